The van der Waals surface area contributed by atoms with Crippen molar-refractivity contribution in [2.75, 3.05) is 0 Å². The minimum absolute atomic E-state index is 0.0276. The molecule has 28 heavy (non-hydrogen) atoms. The highest BCUT2D eigenvalue weighted by molar-refractivity contribution is 7.20. The van der Waals surface area contributed by atoms with Crippen LogP contribution in [0.4, 0.5) is 0 Å². The van der Waals surface area contributed by atoms with Gasteiger partial charge < -0.3 is 0 Å². The predicted molar refractivity (Wildman–Crippen MR) is 124 cm³/mol. The Morgan fingerprint density at radius 2 is 1.75 bits per heavy atom. The summed E-state index contributed by atoms with van der Waals surface area (Å²) in [5, 5.41) is 1.46. The van der Waals surface area contributed by atoms with Crippen molar-refractivity contribution in [2.45, 2.75) is 45.4 Å². The third kappa shape index (κ3) is 2.42. The fourth-order valence-corrected chi connectivity index (χ4v) is 6.56. The van der Waals surface area contributed by atoms with Crippen LogP contribution in [0.15, 0.2) is 72.3 Å². The fourth-order valence-electron chi connectivity index (χ4n) is 5.18. The van der Waals surface area contributed by atoms with E-state index in [-0.39, 0.29) is 5.41 Å². The lowest BCUT2D eigenvalue weighted by atomic mass is 9.81. The molecule has 0 bridgehead atoms. The van der Waals surface area contributed by atoms with Crippen LogP contribution in [0.2, 0.25) is 0 Å². The average Bonchev–Trinajstić information content (AvgIpc) is 3.17. The zero-order chi connectivity index (χ0) is 19.5. The number of hydrogen-bond donors (Lipinski definition) is 0. The first-order valence-corrected chi connectivity index (χ1v) is 11.0. The van der Waals surface area contributed by atoms with Gasteiger partial charge in [-0.05, 0) is 71.0 Å². The molecule has 3 aromatic rings. The lowest BCUT2D eigenvalue weighted by molar-refractivity contribution is 0.654. The first kappa shape index (κ1) is 17.7. The maximum Gasteiger partial charge on any atom is 0.0352 e. The Morgan fingerprint density at radius 3 is 2.57 bits per heavy atom. The van der Waals surface area contributed by atoms with Gasteiger partial charge in [-0.3, -0.25) is 0 Å². The number of thiophene rings is 1. The van der Waals surface area contributed by atoms with Gasteiger partial charge in [0.05, 0.1) is 0 Å². The monoisotopic (exact) mass is 382 g/mol. The molecule has 140 valence electrons. The van der Waals surface area contributed by atoms with Crippen LogP contribution in [-0.2, 0) is 11.8 Å². The summed E-state index contributed by atoms with van der Waals surface area (Å²) < 4.78 is 1.42. The predicted octanol–water partition coefficient (Wildman–Crippen LogP) is 7.94. The minimum Gasteiger partial charge on any atom is -0.135 e. The molecule has 2 aliphatic rings. The minimum atomic E-state index is 0.0276. The van der Waals surface area contributed by atoms with Crippen LogP contribution in [0.5, 0.6) is 0 Å². The number of aryl methyl sites for hydroxylation is 1. The third-order valence-electron chi connectivity index (χ3n) is 6.72. The number of fused-ring (bicyclic) bond motifs is 4. The Labute approximate surface area is 171 Å². The quantitative estimate of drug-likeness (QED) is 0.431. The summed E-state index contributed by atoms with van der Waals surface area (Å²) in [6.45, 7) is 11.2. The first-order chi connectivity index (χ1) is 13.5. The van der Waals surface area contributed by atoms with Gasteiger partial charge in [-0.15, -0.1) is 11.3 Å². The molecule has 2 aromatic carbocycles. The second-order valence-electron chi connectivity index (χ2n) is 8.61. The van der Waals surface area contributed by atoms with Crippen molar-refractivity contribution < 1.29 is 0 Å². The summed E-state index contributed by atoms with van der Waals surface area (Å²) in [5.41, 5.74) is 10.4. The van der Waals surface area contributed by atoms with Gasteiger partial charge in [-0.25, -0.2) is 0 Å². The van der Waals surface area contributed by atoms with E-state index in [1.165, 1.54) is 50.1 Å². The molecule has 0 N–H and O–H groups in total. The molecule has 0 unspecified atom stereocenters. The Morgan fingerprint density at radius 1 is 1.00 bits per heavy atom. The summed E-state index contributed by atoms with van der Waals surface area (Å²) in [7, 11) is 0. The third-order valence-corrected chi connectivity index (χ3v) is 7.99. The van der Waals surface area contributed by atoms with Gasteiger partial charge in [0.15, 0.2) is 0 Å². The largest absolute Gasteiger partial charge is 0.135 e. The number of allylic oxidation sites excluding steroid dienone is 5. The molecule has 5 rings (SSSR count). The molecular formula is C27H26S. The second-order valence-corrected chi connectivity index (χ2v) is 9.66. The van der Waals surface area contributed by atoms with E-state index in [9.17, 15) is 0 Å². The standard InChI is InChI=1S/C27H26S/c1-5-23-22(18-10-6-8-12-24(18)27(23,3)4)16-21-17(2)14-15-20-19-11-7-9-13-25(19)28-26(20)21/h5-13H,1,14-16H2,2-4H3. The highest BCUT2D eigenvalue weighted by atomic mass is 32.1. The van der Waals surface area contributed by atoms with Crippen LogP contribution in [0, 0.1) is 0 Å². The first-order valence-electron chi connectivity index (χ1n) is 10.2. The topological polar surface area (TPSA) is 0 Å². The molecule has 1 heterocycles. The molecule has 0 aliphatic heterocycles. The molecule has 0 fully saturated rings. The number of hydrogen-bond acceptors (Lipinski definition) is 1. The Kier molecular flexibility index (Phi) is 4.00. The molecule has 0 saturated carbocycles. The molecule has 1 aromatic heterocycles. The van der Waals surface area contributed by atoms with Crippen molar-refractivity contribution in [2.24, 2.45) is 0 Å². The van der Waals surface area contributed by atoms with Crippen molar-refractivity contribution in [3.05, 3.63) is 93.9 Å². The van der Waals surface area contributed by atoms with Gasteiger partial charge >= 0.3 is 0 Å². The van der Waals surface area contributed by atoms with E-state index >= 15 is 0 Å². The highest BCUT2D eigenvalue weighted by Gasteiger charge is 2.36. The van der Waals surface area contributed by atoms with Gasteiger partial charge in [-0.2, -0.15) is 0 Å². The summed E-state index contributed by atoms with van der Waals surface area (Å²) in [5.74, 6) is 0. The number of benzene rings is 2. The van der Waals surface area contributed by atoms with Gasteiger partial charge in [0, 0.05) is 15.0 Å². The van der Waals surface area contributed by atoms with Crippen LogP contribution >= 0.6 is 11.3 Å². The molecule has 0 saturated heterocycles. The zero-order valence-electron chi connectivity index (χ0n) is 16.9. The molecule has 0 spiro atoms. The van der Waals surface area contributed by atoms with Gasteiger partial charge in [0.1, 0.15) is 0 Å². The van der Waals surface area contributed by atoms with Crippen LogP contribution in [0.1, 0.15) is 55.2 Å². The maximum atomic E-state index is 4.19. The van der Waals surface area contributed by atoms with E-state index in [4.69, 9.17) is 0 Å². The van der Waals surface area contributed by atoms with Crippen LogP contribution in [0.3, 0.4) is 0 Å². The van der Waals surface area contributed by atoms with E-state index < -0.39 is 0 Å². The molecule has 0 atom stereocenters. The van der Waals surface area contributed by atoms with E-state index in [0.717, 1.165) is 6.42 Å². The van der Waals surface area contributed by atoms with Gasteiger partial charge in [0.25, 0.3) is 0 Å². The zero-order valence-corrected chi connectivity index (χ0v) is 17.7. The lowest BCUT2D eigenvalue weighted by Gasteiger charge is -2.23. The molecule has 0 amide bonds. The molecular weight excluding hydrogens is 356 g/mol. The molecule has 2 aliphatic carbocycles. The van der Waals surface area contributed by atoms with E-state index in [1.807, 2.05) is 11.3 Å². The van der Waals surface area contributed by atoms with E-state index in [2.05, 4.69) is 82.0 Å². The summed E-state index contributed by atoms with van der Waals surface area (Å²) >= 11 is 1.98. The van der Waals surface area contributed by atoms with Crippen LogP contribution in [-0.4, -0.2) is 0 Å². The molecule has 0 nitrogen and oxygen atoms in total. The number of rotatable bonds is 3. The smallest absolute Gasteiger partial charge is 0.0352 e. The van der Waals surface area contributed by atoms with Crippen molar-refractivity contribution in [3.8, 4) is 0 Å². The maximum absolute atomic E-state index is 4.19. The van der Waals surface area contributed by atoms with Crippen LogP contribution < -0.4 is 0 Å². The van der Waals surface area contributed by atoms with Crippen molar-refractivity contribution >= 4 is 32.6 Å². The average molecular weight is 383 g/mol. The van der Waals surface area contributed by atoms with Gasteiger partial charge in [0.2, 0.25) is 0 Å². The molecule has 0 radical (unpaired) electrons. The summed E-state index contributed by atoms with van der Waals surface area (Å²) in [6, 6.07) is 17.8. The fraction of sp³-hybridized carbons (Fsp3) is 0.259. The van der Waals surface area contributed by atoms with E-state index in [1.54, 1.807) is 16.7 Å². The Hall–Kier alpha value is -2.38. The van der Waals surface area contributed by atoms with Crippen molar-refractivity contribution in [1.82, 2.24) is 0 Å². The Balaban J connectivity index is 1.68. The van der Waals surface area contributed by atoms with Crippen molar-refractivity contribution in [1.29, 1.82) is 0 Å². The normalized spacial score (nSPS) is 17.8. The summed E-state index contributed by atoms with van der Waals surface area (Å²) in [4.78, 5) is 1.52. The SMILES string of the molecule is C=CC1=C(CC2=C(C)CCc3c2sc2ccccc32)c2ccccc2C1(C)C. The van der Waals surface area contributed by atoms with Crippen LogP contribution in [0.25, 0.3) is 21.2 Å². The second kappa shape index (κ2) is 6.32. The van der Waals surface area contributed by atoms with Gasteiger partial charge in [-0.1, -0.05) is 74.5 Å². The summed E-state index contributed by atoms with van der Waals surface area (Å²) in [6.07, 6.45) is 5.45. The lowest BCUT2D eigenvalue weighted by Crippen LogP contribution is -2.15. The highest BCUT2D eigenvalue weighted by Crippen LogP contribution is 2.52. The Bertz CT molecular complexity index is 1180. The van der Waals surface area contributed by atoms with Crippen molar-refractivity contribution in [3.63, 3.8) is 0 Å². The van der Waals surface area contributed by atoms with E-state index in [0.29, 0.717) is 0 Å². The molecule has 1 heteroatoms.